The number of carbonyl (C=O) groups is 2. The van der Waals surface area contributed by atoms with Gasteiger partial charge in [0.15, 0.2) is 11.6 Å². The summed E-state index contributed by atoms with van der Waals surface area (Å²) in [6.45, 7) is -0.327. The maximum absolute atomic E-state index is 12.2. The van der Waals surface area contributed by atoms with E-state index in [1.165, 1.54) is 52.2 Å². The van der Waals surface area contributed by atoms with Crippen molar-refractivity contribution in [3.05, 3.63) is 164 Å². The number of nitrogens with one attached hydrogen (secondary N) is 2. The van der Waals surface area contributed by atoms with Crippen LogP contribution in [-0.4, -0.2) is 79.3 Å². The molecule has 0 aliphatic heterocycles. The Morgan fingerprint density at radius 1 is 0.794 bits per heavy atom. The molecule has 4 aromatic heterocycles. The Hall–Kier alpha value is -6.49. The molecule has 0 unspecified atom stereocenters. The Morgan fingerprint density at radius 2 is 1.35 bits per heavy atom. The number of rotatable bonds is 10. The second-order valence-corrected chi connectivity index (χ2v) is 13.9. The molecule has 63 heavy (non-hydrogen) atoms. The van der Waals surface area contributed by atoms with Gasteiger partial charge in [-0.1, -0.05) is 47.5 Å². The number of nitrogen functional groups attached to an aromatic ring is 1. The van der Waals surface area contributed by atoms with Gasteiger partial charge in [-0.3, -0.25) is 10.1 Å². The lowest BCUT2D eigenvalue weighted by Gasteiger charge is -2.17. The molecule has 0 saturated heterocycles. The number of aromatic nitrogens is 8. The summed E-state index contributed by atoms with van der Waals surface area (Å²) in [4.78, 5) is 47.6. The maximum atomic E-state index is 12.2. The predicted molar refractivity (Wildman–Crippen MR) is 237 cm³/mol. The number of carbonyl (C=O) groups excluding carboxylic acids is 2. The van der Waals surface area contributed by atoms with E-state index in [1.807, 2.05) is 12.1 Å². The Balaban J connectivity index is 0.000000199. The Bertz CT molecular complexity index is 2590. The standard InChI is InChI=1S/C16H14Cl2N6O2.C8H10ClNO.C7H6ClN5.C7H4ClNO4/c17-11-3-1-2-10(6-11)13(9-25)22-16(26)21-12-7-20-24(8-12)14-4-5-19-15(18)23-14;9-7-3-1-2-6(4-7)8(10)5-11;8-7-10-2-1-6(12-7)13-4-5(9)3-11-13;8-7(10)13-6-3-1-5(2-4-6)9(11)12/h1-8,13,25H,9H2,(H2,21,22,26);1-4,8,11H,5,10H2;1-4H,9H2;1-4H/t13-;8-;;/m11../s1. The molecule has 20 nitrogen and oxygen atoms in total. The highest BCUT2D eigenvalue weighted by Crippen LogP contribution is 2.20. The zero-order valence-electron chi connectivity index (χ0n) is 32.1. The molecule has 0 fully saturated rings. The van der Waals surface area contributed by atoms with E-state index in [9.17, 15) is 24.8 Å². The van der Waals surface area contributed by atoms with Crippen LogP contribution < -0.4 is 26.8 Å². The molecule has 8 N–H and O–H groups in total. The Kier molecular flexibility index (Phi) is 19.4. The van der Waals surface area contributed by atoms with Gasteiger partial charge in [-0.05, 0) is 70.7 Å². The van der Waals surface area contributed by atoms with Crippen molar-refractivity contribution in [2.24, 2.45) is 5.73 Å². The molecule has 4 heterocycles. The van der Waals surface area contributed by atoms with Crippen LogP contribution in [-0.2, 0) is 0 Å². The summed E-state index contributed by atoms with van der Waals surface area (Å²) < 4.78 is 7.43. The molecule has 25 heteroatoms. The molecule has 2 atom stereocenters. The first-order chi connectivity index (χ1) is 30.1. The summed E-state index contributed by atoms with van der Waals surface area (Å²) in [6.07, 6.45) is 9.29. The van der Waals surface area contributed by atoms with E-state index >= 15 is 0 Å². The van der Waals surface area contributed by atoms with Crippen LogP contribution in [0.5, 0.6) is 5.75 Å². The minimum atomic E-state index is -0.978. The number of halogens is 5. The summed E-state index contributed by atoms with van der Waals surface area (Å²) in [5, 5.41) is 43.3. The fourth-order valence-electron chi connectivity index (χ4n) is 4.74. The summed E-state index contributed by atoms with van der Waals surface area (Å²) >= 11 is 27.9. The lowest BCUT2D eigenvalue weighted by Crippen LogP contribution is -2.34. The number of nitrogens with zero attached hydrogens (tertiary/aromatic N) is 9. The average molecular weight is 962 g/mol. The van der Waals surface area contributed by atoms with E-state index < -0.39 is 22.4 Å². The molecule has 0 spiro atoms. The molecule has 0 aliphatic rings. The summed E-state index contributed by atoms with van der Waals surface area (Å²) in [6, 6.07) is 21.0. The molecule has 0 saturated carbocycles. The number of urea groups is 1. The zero-order valence-corrected chi connectivity index (χ0v) is 35.9. The van der Waals surface area contributed by atoms with Crippen molar-refractivity contribution >= 4 is 86.5 Å². The number of nitro benzene ring substituents is 1. The predicted octanol–water partition coefficient (Wildman–Crippen LogP) is 7.39. The van der Waals surface area contributed by atoms with Crippen molar-refractivity contribution in [1.82, 2.24) is 44.8 Å². The van der Waals surface area contributed by atoms with Crippen LogP contribution in [0.1, 0.15) is 23.2 Å². The van der Waals surface area contributed by atoms with Gasteiger partial charge < -0.3 is 37.1 Å². The van der Waals surface area contributed by atoms with Crippen molar-refractivity contribution < 1.29 is 29.5 Å². The van der Waals surface area contributed by atoms with Gasteiger partial charge in [-0.15, -0.1) is 0 Å². The molecule has 0 aliphatic carbocycles. The number of aliphatic hydroxyl groups excluding tert-OH is 2. The third-order valence-electron chi connectivity index (χ3n) is 7.59. The van der Waals surface area contributed by atoms with Crippen molar-refractivity contribution in [2.45, 2.75) is 12.1 Å². The van der Waals surface area contributed by atoms with Gasteiger partial charge in [0.1, 0.15) is 5.75 Å². The molecule has 7 rings (SSSR count). The zero-order chi connectivity index (χ0) is 45.9. The number of aliphatic hydroxyl groups is 2. The molecule has 328 valence electrons. The third kappa shape index (κ3) is 16.7. The number of hydrogen-bond donors (Lipinski definition) is 6. The average Bonchev–Trinajstić information content (AvgIpc) is 3.92. The second-order valence-electron chi connectivity index (χ2n) is 12.1. The van der Waals surface area contributed by atoms with Crippen molar-refractivity contribution in [3.8, 4) is 17.4 Å². The minimum absolute atomic E-state index is 0.0552. The fraction of sp³-hybridized carbons (Fsp3) is 0.105. The molecular weight excluding hydrogens is 928 g/mol. The number of non-ortho nitro benzene ring substituents is 1. The topological polar surface area (TPSA) is 290 Å². The smallest absolute Gasteiger partial charge is 0.409 e. The summed E-state index contributed by atoms with van der Waals surface area (Å²) in [5.41, 5.74) is 12.6. The van der Waals surface area contributed by atoms with Crippen LogP contribution in [0.3, 0.4) is 0 Å². The number of nitrogens with two attached hydrogens (primary N) is 2. The maximum Gasteiger partial charge on any atom is 0.409 e. The van der Waals surface area contributed by atoms with Crippen molar-refractivity contribution in [1.29, 1.82) is 0 Å². The molecule has 3 aromatic carbocycles. The van der Waals surface area contributed by atoms with Crippen molar-refractivity contribution in [2.75, 3.05) is 24.3 Å². The molecule has 0 radical (unpaired) electrons. The number of amides is 2. The second kappa shape index (κ2) is 24.8. The Labute approximate surface area is 382 Å². The number of ether oxygens (including phenoxy) is 1. The van der Waals surface area contributed by atoms with Gasteiger partial charge in [-0.25, -0.2) is 28.9 Å². The van der Waals surface area contributed by atoms with Crippen LogP contribution in [0.25, 0.3) is 11.6 Å². The molecule has 7 aromatic rings. The van der Waals surface area contributed by atoms with Gasteiger partial charge in [0, 0.05) is 58.3 Å². The first kappa shape index (κ1) is 49.2. The molecule has 2 amide bonds. The molecular formula is C38H34Cl5N13O7. The van der Waals surface area contributed by atoms with Crippen LogP contribution in [0, 0.1) is 10.1 Å². The largest absolute Gasteiger partial charge is 0.414 e. The van der Waals surface area contributed by atoms with Crippen LogP contribution in [0.15, 0.2) is 122 Å². The number of hydrogen-bond acceptors (Lipinski definition) is 15. The van der Waals surface area contributed by atoms with Crippen LogP contribution in [0.4, 0.5) is 26.7 Å². The first-order valence-electron chi connectivity index (χ1n) is 17.6. The third-order valence-corrected chi connectivity index (χ3v) is 8.51. The number of anilines is 2. The normalized spacial score (nSPS) is 11.2. The van der Waals surface area contributed by atoms with E-state index in [2.05, 4.69) is 45.5 Å². The fourth-order valence-corrected chi connectivity index (χ4v) is 5.51. The lowest BCUT2D eigenvalue weighted by atomic mass is 10.1. The summed E-state index contributed by atoms with van der Waals surface area (Å²) in [7, 11) is 0. The van der Waals surface area contributed by atoms with Crippen molar-refractivity contribution in [3.63, 3.8) is 0 Å². The van der Waals surface area contributed by atoms with E-state index in [4.69, 9.17) is 74.6 Å². The van der Waals surface area contributed by atoms with Gasteiger partial charge in [0.05, 0.1) is 66.4 Å². The Morgan fingerprint density at radius 3 is 1.84 bits per heavy atom. The van der Waals surface area contributed by atoms with Crippen LogP contribution >= 0.6 is 58.0 Å². The minimum Gasteiger partial charge on any atom is -0.414 e. The number of benzene rings is 3. The van der Waals surface area contributed by atoms with E-state index in [0.29, 0.717) is 38.6 Å². The van der Waals surface area contributed by atoms with E-state index in [1.54, 1.807) is 67.1 Å². The highest BCUT2D eigenvalue weighted by atomic mass is 35.5. The van der Waals surface area contributed by atoms with Gasteiger partial charge in [-0.2, -0.15) is 20.2 Å². The monoisotopic (exact) mass is 959 g/mol. The lowest BCUT2D eigenvalue weighted by molar-refractivity contribution is -0.384. The highest BCUT2D eigenvalue weighted by molar-refractivity contribution is 6.61. The van der Waals surface area contributed by atoms with Crippen LogP contribution in [0.2, 0.25) is 20.6 Å². The SMILES string of the molecule is N[C@H](CO)c1cccc(Cl)c1.Nc1cnn(-c2ccnc(Cl)n2)c1.O=C(Cl)Oc1ccc([N+](=O)[O-])cc1.O=C(Nc1cnn(-c2ccnc(Cl)n2)c1)N[C@H](CO)c1cccc(Cl)c1. The first-order valence-corrected chi connectivity index (χ1v) is 19.5. The molecule has 0 bridgehead atoms. The number of nitro groups is 1. The van der Waals surface area contributed by atoms with Gasteiger partial charge in [0.2, 0.25) is 10.6 Å². The summed E-state index contributed by atoms with van der Waals surface area (Å²) in [5.74, 6) is 1.23. The van der Waals surface area contributed by atoms with Gasteiger partial charge in [0.25, 0.3) is 5.69 Å². The van der Waals surface area contributed by atoms with Gasteiger partial charge >= 0.3 is 11.5 Å². The quantitative estimate of drug-likeness (QED) is 0.0337. The highest BCUT2D eigenvalue weighted by Gasteiger charge is 2.15. The van der Waals surface area contributed by atoms with E-state index in [0.717, 1.165) is 5.56 Å². The van der Waals surface area contributed by atoms with E-state index in [-0.39, 0.29) is 41.3 Å².